The summed E-state index contributed by atoms with van der Waals surface area (Å²) < 4.78 is 42.1. The molecule has 1 aliphatic heterocycles. The predicted octanol–water partition coefficient (Wildman–Crippen LogP) is 1.22. The maximum absolute atomic E-state index is 12.8. The first-order valence-electron chi connectivity index (χ1n) is 8.15. The van der Waals surface area contributed by atoms with Gasteiger partial charge in [-0.3, -0.25) is 4.90 Å². The maximum atomic E-state index is 12.8. The number of ether oxygens (including phenoxy) is 1. The smallest absolute Gasteiger partial charge is 0.242 e. The molecule has 1 N–H and O–H groups in total. The molecule has 1 saturated heterocycles. The molecule has 0 spiro atoms. The molecule has 0 atom stereocenters. The van der Waals surface area contributed by atoms with Crippen LogP contribution < -0.4 is 4.72 Å². The lowest BCUT2D eigenvalue weighted by Gasteiger charge is -2.51. The third-order valence-electron chi connectivity index (χ3n) is 5.10. The Kier molecular flexibility index (Phi) is 4.29. The Balaban J connectivity index is 1.54. The second-order valence-electron chi connectivity index (χ2n) is 6.39. The van der Waals surface area contributed by atoms with Crippen LogP contribution in [0.25, 0.3) is 11.0 Å². The monoisotopic (exact) mass is 368 g/mol. The van der Waals surface area contributed by atoms with Crippen LogP contribution in [0.15, 0.2) is 23.1 Å². The summed E-state index contributed by atoms with van der Waals surface area (Å²) in [5.74, 6) is 0. The van der Waals surface area contributed by atoms with E-state index in [2.05, 4.69) is 18.4 Å². The van der Waals surface area contributed by atoms with Gasteiger partial charge in [0, 0.05) is 25.2 Å². The standard InChI is InChI=1S/C15H20N4O3S2/c20-24(21,13-4-1-3-12-14(13)18-23-17-12)16-11-15(5-2-6-15)19-7-9-22-10-8-19/h1,3-4,16H,2,5-11H2. The molecule has 2 aliphatic rings. The number of sulfonamides is 1. The van der Waals surface area contributed by atoms with E-state index in [1.165, 1.54) is 0 Å². The lowest BCUT2D eigenvalue weighted by molar-refractivity contribution is -0.0527. The first kappa shape index (κ1) is 16.3. The highest BCUT2D eigenvalue weighted by molar-refractivity contribution is 7.89. The molecular formula is C15H20N4O3S2. The fourth-order valence-corrected chi connectivity index (χ4v) is 5.42. The van der Waals surface area contributed by atoms with Crippen molar-refractivity contribution >= 4 is 32.8 Å². The van der Waals surface area contributed by atoms with Crippen LogP contribution in [-0.4, -0.2) is 60.5 Å². The van der Waals surface area contributed by atoms with Gasteiger partial charge in [-0.2, -0.15) is 8.75 Å². The molecule has 0 amide bonds. The highest BCUT2D eigenvalue weighted by atomic mass is 32.2. The zero-order chi connectivity index (χ0) is 16.6. The minimum absolute atomic E-state index is 0.0644. The Bertz CT molecular complexity index is 826. The van der Waals surface area contributed by atoms with Crippen LogP contribution >= 0.6 is 11.7 Å². The van der Waals surface area contributed by atoms with Gasteiger partial charge < -0.3 is 4.74 Å². The Morgan fingerprint density at radius 3 is 2.75 bits per heavy atom. The number of aromatic nitrogens is 2. The molecule has 2 heterocycles. The molecule has 1 saturated carbocycles. The zero-order valence-electron chi connectivity index (χ0n) is 13.3. The summed E-state index contributed by atoms with van der Waals surface area (Å²) in [6, 6.07) is 5.08. The fourth-order valence-electron chi connectivity index (χ4n) is 3.53. The largest absolute Gasteiger partial charge is 0.379 e. The first-order valence-corrected chi connectivity index (χ1v) is 10.4. The Labute approximate surface area is 145 Å². The second kappa shape index (κ2) is 6.30. The highest BCUT2D eigenvalue weighted by Crippen LogP contribution is 2.38. The van der Waals surface area contributed by atoms with E-state index < -0.39 is 10.0 Å². The van der Waals surface area contributed by atoms with Gasteiger partial charge in [0.2, 0.25) is 10.0 Å². The topological polar surface area (TPSA) is 84.4 Å². The summed E-state index contributed by atoms with van der Waals surface area (Å²) in [7, 11) is -3.61. The number of benzene rings is 1. The number of nitrogens with one attached hydrogen (secondary N) is 1. The molecule has 0 bridgehead atoms. The van der Waals surface area contributed by atoms with Crippen molar-refractivity contribution in [2.45, 2.75) is 29.7 Å². The summed E-state index contributed by atoms with van der Waals surface area (Å²) >= 11 is 1.03. The number of hydrogen-bond acceptors (Lipinski definition) is 7. The minimum atomic E-state index is -3.61. The molecule has 1 aromatic heterocycles. The van der Waals surface area contributed by atoms with E-state index in [0.717, 1.165) is 57.3 Å². The highest BCUT2D eigenvalue weighted by Gasteiger charge is 2.43. The Morgan fingerprint density at radius 2 is 2.04 bits per heavy atom. The van der Waals surface area contributed by atoms with Crippen LogP contribution in [0.1, 0.15) is 19.3 Å². The van der Waals surface area contributed by atoms with Crippen molar-refractivity contribution in [3.8, 4) is 0 Å². The average Bonchev–Trinajstić information content (AvgIpc) is 3.03. The first-order chi connectivity index (χ1) is 11.6. The minimum Gasteiger partial charge on any atom is -0.379 e. The molecule has 2 aromatic rings. The van der Waals surface area contributed by atoms with Gasteiger partial charge in [0.25, 0.3) is 0 Å². The summed E-state index contributed by atoms with van der Waals surface area (Å²) in [5.41, 5.74) is 1.00. The van der Waals surface area contributed by atoms with E-state index in [4.69, 9.17) is 4.74 Å². The van der Waals surface area contributed by atoms with E-state index in [-0.39, 0.29) is 10.4 Å². The van der Waals surface area contributed by atoms with E-state index in [1.807, 2.05) is 0 Å². The molecule has 4 rings (SSSR count). The van der Waals surface area contributed by atoms with E-state index >= 15 is 0 Å². The van der Waals surface area contributed by atoms with Crippen molar-refractivity contribution in [1.82, 2.24) is 18.4 Å². The van der Waals surface area contributed by atoms with Crippen molar-refractivity contribution in [2.24, 2.45) is 0 Å². The van der Waals surface area contributed by atoms with Crippen LogP contribution in [0.4, 0.5) is 0 Å². The van der Waals surface area contributed by atoms with E-state index in [1.54, 1.807) is 18.2 Å². The van der Waals surface area contributed by atoms with E-state index in [9.17, 15) is 8.42 Å². The average molecular weight is 368 g/mol. The lowest BCUT2D eigenvalue weighted by atomic mass is 9.75. The number of fused-ring (bicyclic) bond motifs is 1. The predicted molar refractivity (Wildman–Crippen MR) is 91.6 cm³/mol. The quantitative estimate of drug-likeness (QED) is 0.854. The Morgan fingerprint density at radius 1 is 1.25 bits per heavy atom. The molecule has 130 valence electrons. The van der Waals surface area contributed by atoms with Gasteiger partial charge in [-0.15, -0.1) is 0 Å². The fraction of sp³-hybridized carbons (Fsp3) is 0.600. The third-order valence-corrected chi connectivity index (χ3v) is 7.07. The van der Waals surface area contributed by atoms with Crippen LogP contribution in [0.5, 0.6) is 0 Å². The molecular weight excluding hydrogens is 348 g/mol. The van der Waals surface area contributed by atoms with Crippen molar-refractivity contribution in [3.63, 3.8) is 0 Å². The van der Waals surface area contributed by atoms with Crippen LogP contribution in [0.3, 0.4) is 0 Å². The third kappa shape index (κ3) is 2.84. The second-order valence-corrected chi connectivity index (χ2v) is 8.65. The number of morpholine rings is 1. The molecule has 0 radical (unpaired) electrons. The van der Waals surface area contributed by atoms with Crippen LogP contribution in [-0.2, 0) is 14.8 Å². The summed E-state index contributed by atoms with van der Waals surface area (Å²) in [4.78, 5) is 2.60. The van der Waals surface area contributed by atoms with Gasteiger partial charge >= 0.3 is 0 Å². The van der Waals surface area contributed by atoms with Crippen molar-refractivity contribution in [3.05, 3.63) is 18.2 Å². The number of rotatable bonds is 5. The van der Waals surface area contributed by atoms with Gasteiger partial charge in [-0.1, -0.05) is 6.07 Å². The summed E-state index contributed by atoms with van der Waals surface area (Å²) in [6.45, 7) is 3.61. The summed E-state index contributed by atoms with van der Waals surface area (Å²) in [6.07, 6.45) is 3.20. The van der Waals surface area contributed by atoms with Crippen molar-refractivity contribution in [2.75, 3.05) is 32.8 Å². The summed E-state index contributed by atoms with van der Waals surface area (Å²) in [5, 5.41) is 0. The zero-order valence-corrected chi connectivity index (χ0v) is 14.9. The molecule has 1 aromatic carbocycles. The number of nitrogens with zero attached hydrogens (tertiary/aromatic N) is 3. The van der Waals surface area contributed by atoms with Gasteiger partial charge in [-0.05, 0) is 31.4 Å². The molecule has 9 heteroatoms. The van der Waals surface area contributed by atoms with Gasteiger partial charge in [-0.25, -0.2) is 13.1 Å². The Hall–Kier alpha value is -1.13. The molecule has 24 heavy (non-hydrogen) atoms. The van der Waals surface area contributed by atoms with Crippen molar-refractivity contribution in [1.29, 1.82) is 0 Å². The van der Waals surface area contributed by atoms with Gasteiger partial charge in [0.1, 0.15) is 15.9 Å². The van der Waals surface area contributed by atoms with Gasteiger partial charge in [0.05, 0.1) is 24.9 Å². The van der Waals surface area contributed by atoms with Crippen LogP contribution in [0.2, 0.25) is 0 Å². The van der Waals surface area contributed by atoms with Crippen LogP contribution in [0, 0.1) is 0 Å². The van der Waals surface area contributed by atoms with Crippen molar-refractivity contribution < 1.29 is 13.2 Å². The molecule has 7 nitrogen and oxygen atoms in total. The molecule has 0 unspecified atom stereocenters. The van der Waals surface area contributed by atoms with Gasteiger partial charge in [0.15, 0.2) is 0 Å². The normalized spacial score (nSPS) is 21.7. The van der Waals surface area contributed by atoms with E-state index in [0.29, 0.717) is 17.6 Å². The SMILES string of the molecule is O=S(=O)(NCC1(N2CCOCC2)CCC1)c1cccc2nsnc12. The lowest BCUT2D eigenvalue weighted by Crippen LogP contribution is -2.62. The maximum Gasteiger partial charge on any atom is 0.242 e. The molecule has 2 fully saturated rings. The molecule has 1 aliphatic carbocycles. The number of hydrogen-bond donors (Lipinski definition) is 1.